The molecule has 2 nitrogen and oxygen atoms in total. The molecule has 0 saturated heterocycles. The van der Waals surface area contributed by atoms with Crippen LogP contribution in [0.25, 0.3) is 0 Å². The van der Waals surface area contributed by atoms with Crippen molar-refractivity contribution in [1.82, 2.24) is 0 Å². The minimum atomic E-state index is -0.0429. The van der Waals surface area contributed by atoms with Gasteiger partial charge in [0.25, 0.3) is 0 Å². The average Bonchev–Trinajstić information content (AvgIpc) is 2.67. The lowest BCUT2D eigenvalue weighted by molar-refractivity contribution is -0.0532. The van der Waals surface area contributed by atoms with Crippen LogP contribution in [0.5, 0.6) is 0 Å². The van der Waals surface area contributed by atoms with E-state index in [9.17, 15) is 5.11 Å². The van der Waals surface area contributed by atoms with Crippen molar-refractivity contribution in [2.75, 3.05) is 6.61 Å². The minimum absolute atomic E-state index is 0.0429. The first-order valence-corrected chi connectivity index (χ1v) is 7.94. The van der Waals surface area contributed by atoms with Crippen molar-refractivity contribution < 1.29 is 10.2 Å². The molecule has 18 heavy (non-hydrogen) atoms. The largest absolute Gasteiger partial charge is 0.396 e. The third kappa shape index (κ3) is 1.92. The number of rotatable bonds is 2. The topological polar surface area (TPSA) is 40.5 Å². The fourth-order valence-electron chi connectivity index (χ4n) is 5.49. The van der Waals surface area contributed by atoms with Crippen LogP contribution >= 0.6 is 0 Å². The molecular weight excluding hydrogens is 224 g/mol. The zero-order valence-electron chi connectivity index (χ0n) is 11.6. The van der Waals surface area contributed by atoms with E-state index in [1.807, 2.05) is 0 Å². The van der Waals surface area contributed by atoms with Gasteiger partial charge in [0.2, 0.25) is 0 Å². The molecule has 3 aliphatic carbocycles. The molecule has 104 valence electrons. The van der Waals surface area contributed by atoms with E-state index in [1.54, 1.807) is 0 Å². The highest BCUT2D eigenvalue weighted by atomic mass is 16.3. The third-order valence-corrected chi connectivity index (χ3v) is 6.62. The molecule has 2 heteroatoms. The smallest absolute Gasteiger partial charge is 0.0596 e. The molecule has 0 aromatic heterocycles. The molecule has 0 aromatic rings. The lowest BCUT2D eigenvalue weighted by Gasteiger charge is -2.51. The molecule has 3 fully saturated rings. The van der Waals surface area contributed by atoms with E-state index in [4.69, 9.17) is 5.11 Å². The van der Waals surface area contributed by atoms with Crippen molar-refractivity contribution in [2.45, 2.75) is 64.4 Å². The van der Waals surface area contributed by atoms with E-state index in [0.717, 1.165) is 36.5 Å². The van der Waals surface area contributed by atoms with E-state index >= 15 is 0 Å². The van der Waals surface area contributed by atoms with Crippen LogP contribution in [-0.2, 0) is 0 Å². The quantitative estimate of drug-likeness (QED) is 0.793. The Morgan fingerprint density at radius 3 is 2.72 bits per heavy atom. The van der Waals surface area contributed by atoms with Crippen LogP contribution in [0.2, 0.25) is 0 Å². The second-order valence-electron chi connectivity index (χ2n) is 7.36. The second kappa shape index (κ2) is 4.79. The molecule has 0 heterocycles. The van der Waals surface area contributed by atoms with Crippen molar-refractivity contribution in [1.29, 1.82) is 0 Å². The number of aliphatic hydroxyl groups is 2. The minimum Gasteiger partial charge on any atom is -0.396 e. The van der Waals surface area contributed by atoms with E-state index in [0.29, 0.717) is 6.61 Å². The summed E-state index contributed by atoms with van der Waals surface area (Å²) < 4.78 is 0. The first-order valence-electron chi connectivity index (χ1n) is 7.94. The zero-order chi connectivity index (χ0) is 12.8. The standard InChI is InChI=1S/C16H28O2/c1-16-8-6-12-10-11(7-9-17)2-3-13(12)14(16)4-5-15(16)18/h11-15,17-18H,2-10H2,1H3/t11-,12?,13?,14?,15-,16-/m0/s1. The van der Waals surface area contributed by atoms with Crippen LogP contribution in [0.15, 0.2) is 0 Å². The summed E-state index contributed by atoms with van der Waals surface area (Å²) in [5, 5.41) is 19.4. The Hall–Kier alpha value is -0.0800. The van der Waals surface area contributed by atoms with Gasteiger partial charge in [-0.3, -0.25) is 0 Å². The second-order valence-corrected chi connectivity index (χ2v) is 7.36. The third-order valence-electron chi connectivity index (χ3n) is 6.62. The van der Waals surface area contributed by atoms with E-state index in [2.05, 4.69) is 6.92 Å². The first-order chi connectivity index (χ1) is 8.65. The highest BCUT2D eigenvalue weighted by Gasteiger charge is 2.54. The van der Waals surface area contributed by atoms with Gasteiger partial charge < -0.3 is 10.2 Å². The van der Waals surface area contributed by atoms with Gasteiger partial charge in [0, 0.05) is 6.61 Å². The maximum absolute atomic E-state index is 10.3. The van der Waals surface area contributed by atoms with Crippen LogP contribution in [0.3, 0.4) is 0 Å². The summed E-state index contributed by atoms with van der Waals surface area (Å²) >= 11 is 0. The van der Waals surface area contributed by atoms with Gasteiger partial charge in [-0.25, -0.2) is 0 Å². The molecule has 0 radical (unpaired) electrons. The van der Waals surface area contributed by atoms with Crippen molar-refractivity contribution in [3.05, 3.63) is 0 Å². The van der Waals surface area contributed by atoms with Gasteiger partial charge in [0.05, 0.1) is 6.10 Å². The highest BCUT2D eigenvalue weighted by Crippen LogP contribution is 2.59. The first kappa shape index (κ1) is 12.9. The fourth-order valence-corrected chi connectivity index (χ4v) is 5.49. The van der Waals surface area contributed by atoms with Crippen LogP contribution in [0.4, 0.5) is 0 Å². The van der Waals surface area contributed by atoms with Gasteiger partial charge in [0.1, 0.15) is 0 Å². The lowest BCUT2D eigenvalue weighted by Crippen LogP contribution is -2.45. The molecule has 0 spiro atoms. The van der Waals surface area contributed by atoms with Gasteiger partial charge in [-0.1, -0.05) is 13.3 Å². The molecule has 2 N–H and O–H groups in total. The number of hydrogen-bond donors (Lipinski definition) is 2. The molecule has 0 aromatic carbocycles. The Bertz CT molecular complexity index is 303. The van der Waals surface area contributed by atoms with Crippen molar-refractivity contribution in [3.63, 3.8) is 0 Å². The summed E-state index contributed by atoms with van der Waals surface area (Å²) in [4.78, 5) is 0. The van der Waals surface area contributed by atoms with Gasteiger partial charge in [0.15, 0.2) is 0 Å². The number of aliphatic hydroxyl groups excluding tert-OH is 2. The molecule has 3 aliphatic rings. The maximum Gasteiger partial charge on any atom is 0.0596 e. The van der Waals surface area contributed by atoms with Gasteiger partial charge in [-0.2, -0.15) is 0 Å². The summed E-state index contributed by atoms with van der Waals surface area (Å²) in [7, 11) is 0. The maximum atomic E-state index is 10.3. The van der Waals surface area contributed by atoms with Crippen molar-refractivity contribution in [3.8, 4) is 0 Å². The van der Waals surface area contributed by atoms with E-state index in [1.165, 1.54) is 38.5 Å². The molecule has 3 saturated carbocycles. The zero-order valence-corrected chi connectivity index (χ0v) is 11.6. The van der Waals surface area contributed by atoms with Crippen LogP contribution < -0.4 is 0 Å². The fraction of sp³-hybridized carbons (Fsp3) is 1.00. The Kier molecular flexibility index (Phi) is 3.44. The monoisotopic (exact) mass is 252 g/mol. The van der Waals surface area contributed by atoms with Crippen molar-refractivity contribution >= 4 is 0 Å². The molecule has 0 aliphatic heterocycles. The van der Waals surface area contributed by atoms with E-state index in [-0.39, 0.29) is 11.5 Å². The summed E-state index contributed by atoms with van der Waals surface area (Å²) in [6.45, 7) is 2.70. The van der Waals surface area contributed by atoms with Crippen LogP contribution in [0, 0.1) is 29.1 Å². The normalized spacial score (nSPS) is 51.8. The molecule has 0 amide bonds. The molecule has 3 rings (SSSR count). The Labute approximate surface area is 111 Å². The molecule has 3 unspecified atom stereocenters. The Morgan fingerprint density at radius 1 is 1.11 bits per heavy atom. The number of hydrogen-bond acceptors (Lipinski definition) is 2. The van der Waals surface area contributed by atoms with Gasteiger partial charge in [-0.15, -0.1) is 0 Å². The van der Waals surface area contributed by atoms with Gasteiger partial charge in [-0.05, 0) is 74.0 Å². The SMILES string of the molecule is C[C@]12CCC3C[C@H](CCO)CCC3C1CC[C@@H]2O. The molecule has 6 atom stereocenters. The predicted molar refractivity (Wildman–Crippen MR) is 72.1 cm³/mol. The van der Waals surface area contributed by atoms with Crippen molar-refractivity contribution in [2.24, 2.45) is 29.1 Å². The van der Waals surface area contributed by atoms with Gasteiger partial charge >= 0.3 is 0 Å². The van der Waals surface area contributed by atoms with Crippen LogP contribution in [-0.4, -0.2) is 22.9 Å². The van der Waals surface area contributed by atoms with Crippen LogP contribution in [0.1, 0.15) is 58.3 Å². The number of fused-ring (bicyclic) bond motifs is 3. The van der Waals surface area contributed by atoms with E-state index < -0.39 is 0 Å². The molecular formula is C16H28O2. The predicted octanol–water partition coefficient (Wildman–Crippen LogP) is 2.97. The highest BCUT2D eigenvalue weighted by molar-refractivity contribution is 5.03. The summed E-state index contributed by atoms with van der Waals surface area (Å²) in [5.41, 5.74) is 0.227. The lowest BCUT2D eigenvalue weighted by atomic mass is 9.55. The average molecular weight is 252 g/mol. The molecule has 0 bridgehead atoms. The Balaban J connectivity index is 1.71. The Morgan fingerprint density at radius 2 is 1.94 bits per heavy atom. The summed E-state index contributed by atoms with van der Waals surface area (Å²) in [5.74, 6) is 3.31. The summed E-state index contributed by atoms with van der Waals surface area (Å²) in [6, 6.07) is 0. The summed E-state index contributed by atoms with van der Waals surface area (Å²) in [6.07, 6.45) is 9.80.